The molecule has 1 nitrogen and oxygen atoms in total. The molecule has 1 heteroatoms. The molecule has 0 N–H and O–H groups in total. The molecule has 0 spiro atoms. The Bertz CT molecular complexity index is 121. The van der Waals surface area contributed by atoms with Gasteiger partial charge in [-0.25, -0.2) is 0 Å². The van der Waals surface area contributed by atoms with Crippen molar-refractivity contribution in [3.05, 3.63) is 0 Å². The van der Waals surface area contributed by atoms with E-state index < -0.39 is 0 Å². The van der Waals surface area contributed by atoms with Crippen LogP contribution in [0.5, 0.6) is 0 Å². The third-order valence-corrected chi connectivity index (χ3v) is 2.97. The lowest BCUT2D eigenvalue weighted by Gasteiger charge is -2.20. The molecule has 0 bridgehead atoms. The third-order valence-electron chi connectivity index (χ3n) is 2.97. The van der Waals surface area contributed by atoms with E-state index in [0.717, 1.165) is 24.4 Å². The summed E-state index contributed by atoms with van der Waals surface area (Å²) in [4.78, 5) is 0. The minimum absolute atomic E-state index is 0.376. The van der Waals surface area contributed by atoms with Crippen molar-refractivity contribution < 1.29 is 4.74 Å². The van der Waals surface area contributed by atoms with Crippen molar-refractivity contribution in [2.45, 2.75) is 73.3 Å². The highest BCUT2D eigenvalue weighted by Crippen LogP contribution is 2.20. The second kappa shape index (κ2) is 9.04. The predicted molar refractivity (Wildman–Crippen MR) is 72.7 cm³/mol. The summed E-state index contributed by atoms with van der Waals surface area (Å²) in [6.07, 6.45) is 5.71. The van der Waals surface area contributed by atoms with Gasteiger partial charge >= 0.3 is 0 Å². The van der Waals surface area contributed by atoms with Crippen LogP contribution in [-0.4, -0.2) is 12.7 Å². The van der Waals surface area contributed by atoms with Crippen molar-refractivity contribution in [3.63, 3.8) is 0 Å². The molecule has 0 aliphatic rings. The Morgan fingerprint density at radius 2 is 1.12 bits per heavy atom. The summed E-state index contributed by atoms with van der Waals surface area (Å²) in [6.45, 7) is 14.4. The average molecular weight is 228 g/mol. The van der Waals surface area contributed by atoms with E-state index in [1.165, 1.54) is 25.7 Å². The van der Waals surface area contributed by atoms with Gasteiger partial charge in [-0.15, -0.1) is 0 Å². The van der Waals surface area contributed by atoms with E-state index in [9.17, 15) is 0 Å². The van der Waals surface area contributed by atoms with E-state index in [1.54, 1.807) is 0 Å². The first-order valence-corrected chi connectivity index (χ1v) is 7.03. The van der Waals surface area contributed by atoms with Crippen LogP contribution in [0.1, 0.15) is 67.2 Å². The summed E-state index contributed by atoms with van der Waals surface area (Å²) in [7, 11) is 0. The zero-order chi connectivity index (χ0) is 12.6. The van der Waals surface area contributed by atoms with E-state index in [0.29, 0.717) is 6.10 Å². The highest BCUT2D eigenvalue weighted by Gasteiger charge is 2.11. The van der Waals surface area contributed by atoms with E-state index in [4.69, 9.17) is 4.74 Å². The summed E-state index contributed by atoms with van der Waals surface area (Å²) in [5.41, 5.74) is 0. The predicted octanol–water partition coefficient (Wildman–Crippen LogP) is 4.90. The maximum atomic E-state index is 5.77. The average Bonchev–Trinajstić information content (AvgIpc) is 2.15. The lowest BCUT2D eigenvalue weighted by Crippen LogP contribution is -2.15. The van der Waals surface area contributed by atoms with E-state index in [2.05, 4.69) is 41.5 Å². The molecule has 98 valence electrons. The molecule has 0 saturated heterocycles. The van der Waals surface area contributed by atoms with Crippen molar-refractivity contribution >= 4 is 0 Å². The van der Waals surface area contributed by atoms with Gasteiger partial charge in [-0.05, 0) is 44.4 Å². The minimum atomic E-state index is 0.376. The van der Waals surface area contributed by atoms with Gasteiger partial charge < -0.3 is 4.74 Å². The number of ether oxygens (including phenoxy) is 1. The van der Waals surface area contributed by atoms with Gasteiger partial charge in [-0.1, -0.05) is 40.5 Å². The highest BCUT2D eigenvalue weighted by molar-refractivity contribution is 4.62. The fraction of sp³-hybridized carbons (Fsp3) is 1.00. The first-order valence-electron chi connectivity index (χ1n) is 7.03. The first-order chi connectivity index (χ1) is 7.41. The number of hydrogen-bond acceptors (Lipinski definition) is 1. The Balaban J connectivity index is 3.85. The van der Waals surface area contributed by atoms with Crippen molar-refractivity contribution in [2.24, 2.45) is 17.8 Å². The largest absolute Gasteiger partial charge is 0.379 e. The molecule has 0 unspecified atom stereocenters. The quantitative estimate of drug-likeness (QED) is 0.545. The monoisotopic (exact) mass is 228 g/mol. The Morgan fingerprint density at radius 3 is 1.44 bits per heavy atom. The molecule has 0 aromatic carbocycles. The van der Waals surface area contributed by atoms with Gasteiger partial charge in [-0.2, -0.15) is 0 Å². The maximum Gasteiger partial charge on any atom is 0.0519 e. The molecule has 16 heavy (non-hydrogen) atoms. The SMILES string of the molecule is CC(C)CCC(CCC(C)C)COC(C)C. The molecular weight excluding hydrogens is 196 g/mol. The van der Waals surface area contributed by atoms with Crippen LogP contribution in [0, 0.1) is 17.8 Å². The molecule has 0 rings (SSSR count). The van der Waals surface area contributed by atoms with Crippen LogP contribution in [0.2, 0.25) is 0 Å². The van der Waals surface area contributed by atoms with Crippen LogP contribution in [-0.2, 0) is 4.74 Å². The van der Waals surface area contributed by atoms with Crippen LogP contribution >= 0.6 is 0 Å². The zero-order valence-corrected chi connectivity index (χ0v) is 12.3. The summed E-state index contributed by atoms with van der Waals surface area (Å²) in [5.74, 6) is 2.41. The molecule has 0 radical (unpaired) electrons. The van der Waals surface area contributed by atoms with Gasteiger partial charge in [0.1, 0.15) is 0 Å². The van der Waals surface area contributed by atoms with Crippen molar-refractivity contribution in [1.82, 2.24) is 0 Å². The summed E-state index contributed by atoms with van der Waals surface area (Å²) >= 11 is 0. The Labute approximate surface area is 103 Å². The Kier molecular flexibility index (Phi) is 9.02. The lowest BCUT2D eigenvalue weighted by molar-refractivity contribution is 0.0440. The molecule has 0 fully saturated rings. The zero-order valence-electron chi connectivity index (χ0n) is 12.3. The number of hydrogen-bond donors (Lipinski definition) is 0. The van der Waals surface area contributed by atoms with Crippen molar-refractivity contribution in [3.8, 4) is 0 Å². The fourth-order valence-corrected chi connectivity index (χ4v) is 1.78. The molecular formula is C15H32O. The van der Waals surface area contributed by atoms with Crippen LogP contribution in [0.15, 0.2) is 0 Å². The molecule has 0 amide bonds. The van der Waals surface area contributed by atoms with Gasteiger partial charge in [0.2, 0.25) is 0 Å². The second-order valence-corrected chi connectivity index (χ2v) is 6.19. The molecule has 0 aromatic rings. The Morgan fingerprint density at radius 1 is 0.688 bits per heavy atom. The fourth-order valence-electron chi connectivity index (χ4n) is 1.78. The second-order valence-electron chi connectivity index (χ2n) is 6.19. The van der Waals surface area contributed by atoms with E-state index in [-0.39, 0.29) is 0 Å². The van der Waals surface area contributed by atoms with Crippen molar-refractivity contribution in [2.75, 3.05) is 6.61 Å². The standard InChI is InChI=1S/C15H32O/c1-12(2)7-9-15(10-8-13(3)4)11-16-14(5)6/h12-15H,7-11H2,1-6H3. The lowest BCUT2D eigenvalue weighted by atomic mass is 9.92. The summed E-state index contributed by atoms with van der Waals surface area (Å²) in [5, 5.41) is 0. The molecule has 0 saturated carbocycles. The van der Waals surface area contributed by atoms with Crippen LogP contribution < -0.4 is 0 Å². The number of rotatable bonds is 9. The summed E-state index contributed by atoms with van der Waals surface area (Å²) in [6, 6.07) is 0. The molecule has 0 aromatic heterocycles. The van der Waals surface area contributed by atoms with Crippen LogP contribution in [0.25, 0.3) is 0 Å². The Hall–Kier alpha value is -0.0400. The van der Waals surface area contributed by atoms with Crippen LogP contribution in [0.4, 0.5) is 0 Å². The van der Waals surface area contributed by atoms with Gasteiger partial charge in [0.15, 0.2) is 0 Å². The van der Waals surface area contributed by atoms with Crippen LogP contribution in [0.3, 0.4) is 0 Å². The molecule has 0 heterocycles. The molecule has 0 aliphatic heterocycles. The molecule has 0 aliphatic carbocycles. The highest BCUT2D eigenvalue weighted by atomic mass is 16.5. The molecule has 0 atom stereocenters. The minimum Gasteiger partial charge on any atom is -0.379 e. The first kappa shape index (κ1) is 16.0. The van der Waals surface area contributed by atoms with Gasteiger partial charge in [-0.3, -0.25) is 0 Å². The van der Waals surface area contributed by atoms with Gasteiger partial charge in [0, 0.05) is 6.61 Å². The van der Waals surface area contributed by atoms with E-state index >= 15 is 0 Å². The van der Waals surface area contributed by atoms with Gasteiger partial charge in [0.05, 0.1) is 6.10 Å². The maximum absolute atomic E-state index is 5.77. The van der Waals surface area contributed by atoms with Gasteiger partial charge in [0.25, 0.3) is 0 Å². The smallest absolute Gasteiger partial charge is 0.0519 e. The normalized spacial score (nSPS) is 12.4. The van der Waals surface area contributed by atoms with E-state index in [1.807, 2.05) is 0 Å². The van der Waals surface area contributed by atoms with Crippen molar-refractivity contribution in [1.29, 1.82) is 0 Å². The summed E-state index contributed by atoms with van der Waals surface area (Å²) < 4.78 is 5.77. The topological polar surface area (TPSA) is 9.23 Å². The third kappa shape index (κ3) is 10.5.